The van der Waals surface area contributed by atoms with E-state index in [0.717, 1.165) is 54.9 Å². The number of carboxylic acid groups (broad SMARTS) is 1. The number of nitrogens with zero attached hydrogens (tertiary/aromatic N) is 2. The van der Waals surface area contributed by atoms with Crippen LogP contribution in [0.1, 0.15) is 22.9 Å². The van der Waals surface area contributed by atoms with E-state index in [-0.39, 0.29) is 0 Å². The van der Waals surface area contributed by atoms with E-state index in [2.05, 4.69) is 57.2 Å². The van der Waals surface area contributed by atoms with Gasteiger partial charge in [0.2, 0.25) is 0 Å². The summed E-state index contributed by atoms with van der Waals surface area (Å²) in [5.74, 6) is -0.782. The number of piperazine rings is 1. The number of para-hydroxylation sites is 1. The van der Waals surface area contributed by atoms with E-state index < -0.39 is 12.0 Å². The number of nitrogens with one attached hydrogen (secondary N) is 1. The van der Waals surface area contributed by atoms with E-state index in [1.54, 1.807) is 0 Å². The van der Waals surface area contributed by atoms with Gasteiger partial charge in [0.05, 0.1) is 0 Å². The van der Waals surface area contributed by atoms with Crippen LogP contribution < -0.4 is 0 Å². The van der Waals surface area contributed by atoms with Gasteiger partial charge in [-0.15, -0.1) is 0 Å². The van der Waals surface area contributed by atoms with Crippen molar-refractivity contribution in [2.24, 2.45) is 0 Å². The molecule has 0 amide bonds. The third kappa shape index (κ3) is 3.71. The molecule has 2 heterocycles. The van der Waals surface area contributed by atoms with Crippen LogP contribution in [0, 0.1) is 6.92 Å². The standard InChI is InChI=1S/C26H27N3O2/c1-18-24(22-11-4-5-12-23(22)27-18)25(26(30)31)29-15-13-28(14-16-29)17-20-9-6-8-19-7-2-3-10-21(19)20/h2-12,25,27H,13-17H2,1H3,(H,30,31)/t25-/m1/s1. The van der Waals surface area contributed by atoms with Crippen LogP contribution in [0.15, 0.2) is 66.7 Å². The number of aryl methyl sites for hydroxylation is 1. The summed E-state index contributed by atoms with van der Waals surface area (Å²) in [6, 6.07) is 22.3. The van der Waals surface area contributed by atoms with Gasteiger partial charge in [0.25, 0.3) is 0 Å². The van der Waals surface area contributed by atoms with Crippen molar-refractivity contribution in [3.05, 3.63) is 83.6 Å². The fourth-order valence-electron chi connectivity index (χ4n) is 4.96. The highest BCUT2D eigenvalue weighted by molar-refractivity contribution is 5.90. The molecule has 1 atom stereocenters. The number of aliphatic carboxylic acids is 1. The molecule has 1 aliphatic heterocycles. The summed E-state index contributed by atoms with van der Waals surface area (Å²) < 4.78 is 0. The minimum Gasteiger partial charge on any atom is -0.480 e. The zero-order valence-electron chi connectivity index (χ0n) is 17.7. The fourth-order valence-corrected chi connectivity index (χ4v) is 4.96. The van der Waals surface area contributed by atoms with Crippen molar-refractivity contribution in [1.29, 1.82) is 0 Å². The number of H-pyrrole nitrogens is 1. The number of fused-ring (bicyclic) bond motifs is 2. The van der Waals surface area contributed by atoms with Crippen molar-refractivity contribution in [1.82, 2.24) is 14.8 Å². The van der Waals surface area contributed by atoms with Crippen molar-refractivity contribution in [2.45, 2.75) is 19.5 Å². The average Bonchev–Trinajstić information content (AvgIpc) is 3.11. The van der Waals surface area contributed by atoms with Crippen LogP contribution in [0.3, 0.4) is 0 Å². The molecular formula is C26H27N3O2. The first-order chi connectivity index (χ1) is 15.1. The number of aromatic nitrogens is 1. The molecule has 158 valence electrons. The second-order valence-corrected chi connectivity index (χ2v) is 8.40. The lowest BCUT2D eigenvalue weighted by Gasteiger charge is -2.38. The van der Waals surface area contributed by atoms with Gasteiger partial charge in [0.1, 0.15) is 6.04 Å². The summed E-state index contributed by atoms with van der Waals surface area (Å²) in [6.07, 6.45) is 0. The number of benzene rings is 3. The molecule has 3 aromatic carbocycles. The van der Waals surface area contributed by atoms with Gasteiger partial charge in [0.15, 0.2) is 0 Å². The van der Waals surface area contributed by atoms with E-state index in [4.69, 9.17) is 0 Å². The summed E-state index contributed by atoms with van der Waals surface area (Å²) >= 11 is 0. The molecule has 0 saturated carbocycles. The molecule has 1 aliphatic rings. The predicted octanol–water partition coefficient (Wildman–Crippen LogP) is 4.57. The minimum atomic E-state index is -0.782. The Morgan fingerprint density at radius 3 is 2.39 bits per heavy atom. The van der Waals surface area contributed by atoms with E-state index in [1.165, 1.54) is 16.3 Å². The lowest BCUT2D eigenvalue weighted by Crippen LogP contribution is -2.49. The van der Waals surface area contributed by atoms with Crippen LogP contribution in [0.5, 0.6) is 0 Å². The lowest BCUT2D eigenvalue weighted by atomic mass is 10.0. The summed E-state index contributed by atoms with van der Waals surface area (Å²) in [5.41, 5.74) is 4.15. The van der Waals surface area contributed by atoms with Crippen molar-refractivity contribution in [2.75, 3.05) is 26.2 Å². The highest BCUT2D eigenvalue weighted by Crippen LogP contribution is 2.32. The van der Waals surface area contributed by atoms with E-state index in [0.29, 0.717) is 0 Å². The smallest absolute Gasteiger partial charge is 0.325 e. The Hall–Kier alpha value is -3.15. The Kier molecular flexibility index (Phi) is 5.22. The Balaban J connectivity index is 1.35. The zero-order valence-corrected chi connectivity index (χ0v) is 17.7. The van der Waals surface area contributed by atoms with Crippen LogP contribution in [-0.4, -0.2) is 52.0 Å². The Morgan fingerprint density at radius 1 is 0.935 bits per heavy atom. The first kappa shape index (κ1) is 19.8. The van der Waals surface area contributed by atoms with Crippen molar-refractivity contribution < 1.29 is 9.90 Å². The van der Waals surface area contributed by atoms with E-state index in [9.17, 15) is 9.90 Å². The maximum Gasteiger partial charge on any atom is 0.325 e. The molecule has 5 nitrogen and oxygen atoms in total. The molecular weight excluding hydrogens is 386 g/mol. The Labute approximate surface area is 181 Å². The second kappa shape index (κ2) is 8.17. The topological polar surface area (TPSA) is 59.6 Å². The molecule has 4 aromatic rings. The van der Waals surface area contributed by atoms with Gasteiger partial charge in [-0.05, 0) is 29.3 Å². The Bertz CT molecular complexity index is 1230. The molecule has 0 aliphatic carbocycles. The molecule has 31 heavy (non-hydrogen) atoms. The van der Waals surface area contributed by atoms with Crippen LogP contribution in [0.2, 0.25) is 0 Å². The van der Waals surface area contributed by atoms with E-state index in [1.807, 2.05) is 31.2 Å². The molecule has 0 bridgehead atoms. The van der Waals surface area contributed by atoms with Gasteiger partial charge >= 0.3 is 5.97 Å². The van der Waals surface area contributed by atoms with Gasteiger partial charge in [-0.3, -0.25) is 14.6 Å². The molecule has 1 fully saturated rings. The van der Waals surface area contributed by atoms with Crippen LogP contribution in [-0.2, 0) is 11.3 Å². The average molecular weight is 414 g/mol. The zero-order chi connectivity index (χ0) is 21.4. The van der Waals surface area contributed by atoms with Crippen LogP contribution >= 0.6 is 0 Å². The third-order valence-electron chi connectivity index (χ3n) is 6.50. The molecule has 5 heteroatoms. The molecule has 1 saturated heterocycles. The summed E-state index contributed by atoms with van der Waals surface area (Å²) in [7, 11) is 0. The largest absolute Gasteiger partial charge is 0.480 e. The van der Waals surface area contributed by atoms with E-state index >= 15 is 0 Å². The van der Waals surface area contributed by atoms with Gasteiger partial charge in [-0.25, -0.2) is 0 Å². The molecule has 2 N–H and O–H groups in total. The van der Waals surface area contributed by atoms with Gasteiger partial charge in [-0.2, -0.15) is 0 Å². The second-order valence-electron chi connectivity index (χ2n) is 8.40. The lowest BCUT2D eigenvalue weighted by molar-refractivity contribution is -0.144. The first-order valence-electron chi connectivity index (χ1n) is 10.8. The highest BCUT2D eigenvalue weighted by atomic mass is 16.4. The quantitative estimate of drug-likeness (QED) is 0.503. The molecule has 5 rings (SSSR count). The monoisotopic (exact) mass is 413 g/mol. The van der Waals surface area contributed by atoms with Crippen molar-refractivity contribution in [3.8, 4) is 0 Å². The maximum atomic E-state index is 12.3. The number of carbonyl (C=O) groups is 1. The predicted molar refractivity (Wildman–Crippen MR) is 124 cm³/mol. The number of rotatable bonds is 5. The molecule has 0 unspecified atom stereocenters. The third-order valence-corrected chi connectivity index (χ3v) is 6.50. The van der Waals surface area contributed by atoms with Gasteiger partial charge < -0.3 is 10.1 Å². The fraction of sp³-hybridized carbons (Fsp3) is 0.269. The van der Waals surface area contributed by atoms with Gasteiger partial charge in [-0.1, -0.05) is 60.7 Å². The van der Waals surface area contributed by atoms with Crippen LogP contribution in [0.4, 0.5) is 0 Å². The molecule has 0 radical (unpaired) electrons. The highest BCUT2D eigenvalue weighted by Gasteiger charge is 2.33. The molecule has 0 spiro atoms. The maximum absolute atomic E-state index is 12.3. The summed E-state index contributed by atoms with van der Waals surface area (Å²) in [4.78, 5) is 20.2. The SMILES string of the molecule is Cc1[nH]c2ccccc2c1[C@H](C(=O)O)N1CCN(Cc2cccc3ccccc23)CC1. The Morgan fingerprint density at radius 2 is 1.61 bits per heavy atom. The normalized spacial score (nSPS) is 16.7. The first-order valence-corrected chi connectivity index (χ1v) is 10.8. The summed E-state index contributed by atoms with van der Waals surface area (Å²) in [5, 5.41) is 13.7. The molecule has 1 aromatic heterocycles. The number of carboxylic acids is 1. The van der Waals surface area contributed by atoms with Crippen molar-refractivity contribution in [3.63, 3.8) is 0 Å². The minimum absolute atomic E-state index is 0.629. The summed E-state index contributed by atoms with van der Waals surface area (Å²) in [6.45, 7) is 6.05. The number of hydrogen-bond donors (Lipinski definition) is 2. The number of aromatic amines is 1. The number of hydrogen-bond acceptors (Lipinski definition) is 3. The van der Waals surface area contributed by atoms with Crippen molar-refractivity contribution >= 4 is 27.6 Å². The van der Waals surface area contributed by atoms with Gasteiger partial charge in [0, 0.05) is 54.9 Å². The van der Waals surface area contributed by atoms with Crippen LogP contribution in [0.25, 0.3) is 21.7 Å².